The number of hydrogen-bond donors (Lipinski definition) is 1. The SMILES string of the molecule is Cn1nccc1CCOC1CCC(N)CC1. The van der Waals surface area contributed by atoms with Crippen LogP contribution in [0.1, 0.15) is 31.4 Å². The standard InChI is InChI=1S/C12H21N3O/c1-15-11(6-8-14-15)7-9-16-12-4-2-10(13)3-5-12/h6,8,10,12H,2-5,7,9,13H2,1H3. The fourth-order valence-electron chi connectivity index (χ4n) is 2.23. The lowest BCUT2D eigenvalue weighted by Gasteiger charge is -2.26. The maximum Gasteiger partial charge on any atom is 0.0576 e. The van der Waals surface area contributed by atoms with Crippen molar-refractivity contribution in [3.8, 4) is 0 Å². The summed E-state index contributed by atoms with van der Waals surface area (Å²) in [6.45, 7) is 0.791. The number of hydrogen-bond acceptors (Lipinski definition) is 3. The minimum Gasteiger partial charge on any atom is -0.378 e. The Bertz CT molecular complexity index is 316. The van der Waals surface area contributed by atoms with Crippen molar-refractivity contribution < 1.29 is 4.74 Å². The molecule has 4 heteroatoms. The average molecular weight is 223 g/mol. The van der Waals surface area contributed by atoms with E-state index in [4.69, 9.17) is 10.5 Å². The molecule has 1 aliphatic rings. The Labute approximate surface area is 96.8 Å². The maximum atomic E-state index is 5.86. The topological polar surface area (TPSA) is 53.1 Å². The Morgan fingerprint density at radius 2 is 2.19 bits per heavy atom. The summed E-state index contributed by atoms with van der Waals surface area (Å²) in [5, 5.41) is 4.14. The van der Waals surface area contributed by atoms with Crippen LogP contribution in [0.15, 0.2) is 12.3 Å². The van der Waals surface area contributed by atoms with Gasteiger partial charge in [0.05, 0.1) is 12.7 Å². The monoisotopic (exact) mass is 223 g/mol. The van der Waals surface area contributed by atoms with Gasteiger partial charge in [-0.05, 0) is 31.7 Å². The third-order valence-electron chi connectivity index (χ3n) is 3.35. The molecule has 2 rings (SSSR count). The molecule has 1 heterocycles. The first-order valence-corrected chi connectivity index (χ1v) is 6.10. The van der Waals surface area contributed by atoms with Crippen molar-refractivity contribution in [2.24, 2.45) is 12.8 Å². The molecular weight excluding hydrogens is 202 g/mol. The van der Waals surface area contributed by atoms with Crippen molar-refractivity contribution in [1.82, 2.24) is 9.78 Å². The van der Waals surface area contributed by atoms with E-state index in [-0.39, 0.29) is 0 Å². The van der Waals surface area contributed by atoms with Gasteiger partial charge in [-0.3, -0.25) is 4.68 Å². The third kappa shape index (κ3) is 3.06. The Balaban J connectivity index is 1.67. The molecule has 90 valence electrons. The van der Waals surface area contributed by atoms with Gasteiger partial charge in [-0.15, -0.1) is 0 Å². The van der Waals surface area contributed by atoms with E-state index in [9.17, 15) is 0 Å². The molecule has 0 saturated heterocycles. The van der Waals surface area contributed by atoms with Crippen LogP contribution >= 0.6 is 0 Å². The van der Waals surface area contributed by atoms with Gasteiger partial charge in [-0.2, -0.15) is 5.10 Å². The molecular formula is C12H21N3O. The molecule has 0 spiro atoms. The Kier molecular flexibility index (Phi) is 3.96. The van der Waals surface area contributed by atoms with Gasteiger partial charge in [0.25, 0.3) is 0 Å². The first-order chi connectivity index (χ1) is 7.75. The fourth-order valence-corrected chi connectivity index (χ4v) is 2.23. The summed E-state index contributed by atoms with van der Waals surface area (Å²) in [5.74, 6) is 0. The molecule has 1 aromatic rings. The van der Waals surface area contributed by atoms with Crippen LogP contribution in [0.5, 0.6) is 0 Å². The molecule has 16 heavy (non-hydrogen) atoms. The number of aryl methyl sites for hydroxylation is 1. The summed E-state index contributed by atoms with van der Waals surface area (Å²) in [5.41, 5.74) is 7.08. The van der Waals surface area contributed by atoms with Crippen LogP contribution in [-0.4, -0.2) is 28.5 Å². The second kappa shape index (κ2) is 5.46. The zero-order chi connectivity index (χ0) is 11.4. The van der Waals surface area contributed by atoms with Crippen LogP contribution in [0.25, 0.3) is 0 Å². The maximum absolute atomic E-state index is 5.86. The first kappa shape index (κ1) is 11.6. The predicted octanol–water partition coefficient (Wildman–Crippen LogP) is 1.25. The van der Waals surface area contributed by atoms with Crippen molar-refractivity contribution >= 4 is 0 Å². The van der Waals surface area contributed by atoms with Crippen LogP contribution in [0, 0.1) is 0 Å². The summed E-state index contributed by atoms with van der Waals surface area (Å²) in [6.07, 6.45) is 7.65. The lowest BCUT2D eigenvalue weighted by Crippen LogP contribution is -2.30. The van der Waals surface area contributed by atoms with E-state index in [0.29, 0.717) is 12.1 Å². The summed E-state index contributed by atoms with van der Waals surface area (Å²) < 4.78 is 7.77. The number of rotatable bonds is 4. The molecule has 0 atom stereocenters. The van der Waals surface area contributed by atoms with E-state index in [1.807, 2.05) is 24.0 Å². The van der Waals surface area contributed by atoms with Crippen LogP contribution in [-0.2, 0) is 18.2 Å². The summed E-state index contributed by atoms with van der Waals surface area (Å²) >= 11 is 0. The average Bonchev–Trinajstić information content (AvgIpc) is 2.68. The lowest BCUT2D eigenvalue weighted by atomic mass is 9.94. The molecule has 0 radical (unpaired) electrons. The molecule has 0 bridgehead atoms. The summed E-state index contributed by atoms with van der Waals surface area (Å²) in [7, 11) is 1.97. The zero-order valence-electron chi connectivity index (χ0n) is 9.93. The van der Waals surface area contributed by atoms with Crippen molar-refractivity contribution in [3.05, 3.63) is 18.0 Å². The second-order valence-corrected chi connectivity index (χ2v) is 4.60. The Morgan fingerprint density at radius 3 is 2.81 bits per heavy atom. The van der Waals surface area contributed by atoms with E-state index >= 15 is 0 Å². The van der Waals surface area contributed by atoms with Gasteiger partial charge >= 0.3 is 0 Å². The highest BCUT2D eigenvalue weighted by molar-refractivity contribution is 4.99. The third-order valence-corrected chi connectivity index (χ3v) is 3.35. The van der Waals surface area contributed by atoms with Gasteiger partial charge in [0.2, 0.25) is 0 Å². The minimum atomic E-state index is 0.400. The molecule has 4 nitrogen and oxygen atoms in total. The smallest absolute Gasteiger partial charge is 0.0576 e. The van der Waals surface area contributed by atoms with Crippen molar-refractivity contribution in [3.63, 3.8) is 0 Å². The van der Waals surface area contributed by atoms with Gasteiger partial charge in [-0.25, -0.2) is 0 Å². The van der Waals surface area contributed by atoms with Crippen LogP contribution in [0.4, 0.5) is 0 Å². The molecule has 1 fully saturated rings. The normalized spacial score (nSPS) is 25.9. The number of ether oxygens (including phenoxy) is 1. The first-order valence-electron chi connectivity index (χ1n) is 6.10. The second-order valence-electron chi connectivity index (χ2n) is 4.60. The van der Waals surface area contributed by atoms with E-state index in [1.54, 1.807) is 0 Å². The summed E-state index contributed by atoms with van der Waals surface area (Å²) in [6, 6.07) is 2.44. The van der Waals surface area contributed by atoms with E-state index in [1.165, 1.54) is 5.69 Å². The largest absolute Gasteiger partial charge is 0.378 e. The molecule has 0 aromatic carbocycles. The molecule has 1 aromatic heterocycles. The molecule has 1 saturated carbocycles. The number of aromatic nitrogens is 2. The highest BCUT2D eigenvalue weighted by atomic mass is 16.5. The van der Waals surface area contributed by atoms with Gasteiger partial charge in [0.15, 0.2) is 0 Å². The van der Waals surface area contributed by atoms with Crippen molar-refractivity contribution in [2.75, 3.05) is 6.61 Å². The Morgan fingerprint density at radius 1 is 1.44 bits per heavy atom. The van der Waals surface area contributed by atoms with Crippen molar-refractivity contribution in [2.45, 2.75) is 44.2 Å². The lowest BCUT2D eigenvalue weighted by molar-refractivity contribution is 0.0264. The zero-order valence-corrected chi connectivity index (χ0v) is 9.93. The highest BCUT2D eigenvalue weighted by Crippen LogP contribution is 2.19. The van der Waals surface area contributed by atoms with Crippen LogP contribution in [0.2, 0.25) is 0 Å². The van der Waals surface area contributed by atoms with E-state index in [0.717, 1.165) is 38.7 Å². The molecule has 0 unspecified atom stereocenters. The number of nitrogens with two attached hydrogens (primary N) is 1. The highest BCUT2D eigenvalue weighted by Gasteiger charge is 2.18. The van der Waals surface area contributed by atoms with Gasteiger partial charge in [0, 0.05) is 31.4 Å². The van der Waals surface area contributed by atoms with Gasteiger partial charge in [0.1, 0.15) is 0 Å². The molecule has 0 amide bonds. The van der Waals surface area contributed by atoms with Gasteiger partial charge in [-0.1, -0.05) is 0 Å². The van der Waals surface area contributed by atoms with Gasteiger partial charge < -0.3 is 10.5 Å². The van der Waals surface area contributed by atoms with Crippen molar-refractivity contribution in [1.29, 1.82) is 0 Å². The molecule has 0 aliphatic heterocycles. The molecule has 2 N–H and O–H groups in total. The molecule has 1 aliphatic carbocycles. The Hall–Kier alpha value is -0.870. The van der Waals surface area contributed by atoms with Crippen LogP contribution in [0.3, 0.4) is 0 Å². The number of nitrogens with zero attached hydrogens (tertiary/aromatic N) is 2. The van der Waals surface area contributed by atoms with E-state index in [2.05, 4.69) is 5.10 Å². The quantitative estimate of drug-likeness (QED) is 0.835. The van der Waals surface area contributed by atoms with E-state index < -0.39 is 0 Å². The van der Waals surface area contributed by atoms with Crippen LogP contribution < -0.4 is 5.73 Å². The fraction of sp³-hybridized carbons (Fsp3) is 0.750. The summed E-state index contributed by atoms with van der Waals surface area (Å²) in [4.78, 5) is 0. The minimum absolute atomic E-state index is 0.400. The predicted molar refractivity (Wildman–Crippen MR) is 63.1 cm³/mol.